The monoisotopic (exact) mass is 278 g/mol. The lowest BCUT2D eigenvalue weighted by Gasteiger charge is -2.16. The van der Waals surface area contributed by atoms with Crippen LogP contribution in [0.25, 0.3) is 0 Å². The highest BCUT2D eigenvalue weighted by Gasteiger charge is 2.21. The largest absolute Gasteiger partial charge is 0.459 e. The Bertz CT molecular complexity index is 473. The van der Waals surface area contributed by atoms with Crippen LogP contribution < -0.4 is 11.1 Å². The Morgan fingerprint density at radius 1 is 1.25 bits per heavy atom. The van der Waals surface area contributed by atoms with E-state index < -0.39 is 17.9 Å². The van der Waals surface area contributed by atoms with Gasteiger partial charge in [-0.2, -0.15) is 0 Å². The summed E-state index contributed by atoms with van der Waals surface area (Å²) < 4.78 is 5.12. The number of amides is 2. The fourth-order valence-electron chi connectivity index (χ4n) is 1.61. The van der Waals surface area contributed by atoms with Crippen molar-refractivity contribution in [2.75, 3.05) is 0 Å². The Kier molecular flexibility index (Phi) is 6.22. The van der Waals surface area contributed by atoms with Crippen molar-refractivity contribution in [3.63, 3.8) is 0 Å². The second kappa shape index (κ2) is 7.93. The maximum atomic E-state index is 11.9. The van der Waals surface area contributed by atoms with Crippen LogP contribution in [0.2, 0.25) is 0 Å². The topological polar surface area (TPSA) is 98.5 Å². The van der Waals surface area contributed by atoms with Gasteiger partial charge < -0.3 is 15.8 Å². The van der Waals surface area contributed by atoms with E-state index in [0.717, 1.165) is 5.56 Å². The summed E-state index contributed by atoms with van der Waals surface area (Å²) >= 11 is 0. The van der Waals surface area contributed by atoms with Crippen LogP contribution in [-0.2, 0) is 25.7 Å². The molecule has 0 aliphatic rings. The van der Waals surface area contributed by atoms with Crippen molar-refractivity contribution in [3.8, 4) is 0 Å². The number of carbonyl (C=O) groups is 3. The zero-order chi connectivity index (χ0) is 15.0. The molecule has 0 aliphatic heterocycles. The van der Waals surface area contributed by atoms with Gasteiger partial charge in [-0.1, -0.05) is 30.3 Å². The zero-order valence-electron chi connectivity index (χ0n) is 11.3. The smallest absolute Gasteiger partial charge is 0.328 e. The van der Waals surface area contributed by atoms with E-state index in [0.29, 0.717) is 0 Å². The second-order valence-corrected chi connectivity index (χ2v) is 4.35. The van der Waals surface area contributed by atoms with Gasteiger partial charge in [0.25, 0.3) is 0 Å². The summed E-state index contributed by atoms with van der Waals surface area (Å²) in [5.74, 6) is -1.47. The van der Waals surface area contributed by atoms with E-state index in [1.165, 1.54) is 6.92 Å². The number of carbonyl (C=O) groups excluding carboxylic acids is 3. The van der Waals surface area contributed by atoms with Crippen LogP contribution in [0.15, 0.2) is 30.3 Å². The third kappa shape index (κ3) is 5.99. The van der Waals surface area contributed by atoms with Crippen molar-refractivity contribution in [2.24, 2.45) is 5.73 Å². The molecule has 1 atom stereocenters. The number of benzene rings is 1. The van der Waals surface area contributed by atoms with Crippen LogP contribution in [0.1, 0.15) is 25.3 Å². The van der Waals surface area contributed by atoms with Gasteiger partial charge in [-0.05, 0) is 12.0 Å². The zero-order valence-corrected chi connectivity index (χ0v) is 11.3. The first-order valence-corrected chi connectivity index (χ1v) is 6.25. The van der Waals surface area contributed by atoms with Crippen molar-refractivity contribution in [1.82, 2.24) is 5.32 Å². The highest BCUT2D eigenvalue weighted by atomic mass is 16.5. The summed E-state index contributed by atoms with van der Waals surface area (Å²) in [5.41, 5.74) is 5.88. The summed E-state index contributed by atoms with van der Waals surface area (Å²) in [5, 5.41) is 2.45. The molecule has 0 fully saturated rings. The number of primary amides is 1. The highest BCUT2D eigenvalue weighted by molar-refractivity contribution is 5.84. The first-order valence-electron chi connectivity index (χ1n) is 6.25. The Morgan fingerprint density at radius 3 is 2.45 bits per heavy atom. The van der Waals surface area contributed by atoms with Gasteiger partial charge in [0, 0.05) is 13.3 Å². The summed E-state index contributed by atoms with van der Waals surface area (Å²) in [4.78, 5) is 33.7. The van der Waals surface area contributed by atoms with Crippen molar-refractivity contribution in [2.45, 2.75) is 32.4 Å². The molecule has 20 heavy (non-hydrogen) atoms. The van der Waals surface area contributed by atoms with Crippen molar-refractivity contribution in [3.05, 3.63) is 35.9 Å². The maximum absolute atomic E-state index is 11.9. The SMILES string of the molecule is CC(=O)NC(CCC(N)=O)C(=O)OCc1ccccc1. The third-order valence-corrected chi connectivity index (χ3v) is 2.57. The lowest BCUT2D eigenvalue weighted by Crippen LogP contribution is -2.41. The molecule has 2 amide bonds. The molecule has 1 rings (SSSR count). The van der Waals surface area contributed by atoms with Gasteiger partial charge in [0.2, 0.25) is 11.8 Å². The number of hydrogen-bond donors (Lipinski definition) is 2. The van der Waals surface area contributed by atoms with Crippen molar-refractivity contribution >= 4 is 17.8 Å². The molecular weight excluding hydrogens is 260 g/mol. The molecule has 1 aromatic carbocycles. The van der Waals surface area contributed by atoms with Gasteiger partial charge in [-0.15, -0.1) is 0 Å². The molecule has 0 heterocycles. The van der Waals surface area contributed by atoms with E-state index in [2.05, 4.69) is 5.32 Å². The molecule has 0 bridgehead atoms. The van der Waals surface area contributed by atoms with Gasteiger partial charge in [-0.3, -0.25) is 9.59 Å². The molecule has 108 valence electrons. The Morgan fingerprint density at radius 2 is 1.90 bits per heavy atom. The lowest BCUT2D eigenvalue weighted by molar-refractivity contribution is -0.149. The highest BCUT2D eigenvalue weighted by Crippen LogP contribution is 2.05. The van der Waals surface area contributed by atoms with E-state index in [-0.39, 0.29) is 25.4 Å². The van der Waals surface area contributed by atoms with E-state index in [1.54, 1.807) is 0 Å². The number of rotatable bonds is 7. The minimum absolute atomic E-state index is 0.00534. The molecule has 3 N–H and O–H groups in total. The molecule has 0 saturated heterocycles. The quantitative estimate of drug-likeness (QED) is 0.709. The predicted octanol–water partition coefficient (Wildman–Crippen LogP) is 0.500. The molecule has 0 radical (unpaired) electrons. The summed E-state index contributed by atoms with van der Waals surface area (Å²) in [6, 6.07) is 8.32. The number of nitrogens with one attached hydrogen (secondary N) is 1. The molecule has 6 heteroatoms. The van der Waals surface area contributed by atoms with Crippen LogP contribution in [0.4, 0.5) is 0 Å². The number of hydrogen-bond acceptors (Lipinski definition) is 4. The molecule has 0 aromatic heterocycles. The van der Waals surface area contributed by atoms with E-state index in [9.17, 15) is 14.4 Å². The maximum Gasteiger partial charge on any atom is 0.328 e. The van der Waals surface area contributed by atoms with Gasteiger partial charge in [0.15, 0.2) is 0 Å². The Labute approximate surface area is 117 Å². The standard InChI is InChI=1S/C14H18N2O4/c1-10(17)16-12(7-8-13(15)18)14(19)20-9-11-5-3-2-4-6-11/h2-6,12H,7-9H2,1H3,(H2,15,18)(H,16,17). The summed E-state index contributed by atoms with van der Waals surface area (Å²) in [6.07, 6.45) is 0.133. The van der Waals surface area contributed by atoms with Gasteiger partial charge >= 0.3 is 5.97 Å². The molecule has 1 aromatic rings. The second-order valence-electron chi connectivity index (χ2n) is 4.35. The summed E-state index contributed by atoms with van der Waals surface area (Å²) in [7, 11) is 0. The van der Waals surface area contributed by atoms with Crippen LogP contribution in [0.5, 0.6) is 0 Å². The van der Waals surface area contributed by atoms with Gasteiger partial charge in [-0.25, -0.2) is 4.79 Å². The molecule has 6 nitrogen and oxygen atoms in total. The number of ether oxygens (including phenoxy) is 1. The molecule has 0 saturated carbocycles. The third-order valence-electron chi connectivity index (χ3n) is 2.57. The van der Waals surface area contributed by atoms with Gasteiger partial charge in [0.05, 0.1) is 0 Å². The van der Waals surface area contributed by atoms with Crippen LogP contribution in [0, 0.1) is 0 Å². The normalized spacial score (nSPS) is 11.4. The molecule has 1 unspecified atom stereocenters. The van der Waals surface area contributed by atoms with Crippen LogP contribution >= 0.6 is 0 Å². The molecule has 0 aliphatic carbocycles. The lowest BCUT2D eigenvalue weighted by atomic mass is 10.1. The fraction of sp³-hybridized carbons (Fsp3) is 0.357. The van der Waals surface area contributed by atoms with Crippen molar-refractivity contribution in [1.29, 1.82) is 0 Å². The van der Waals surface area contributed by atoms with Crippen LogP contribution in [0.3, 0.4) is 0 Å². The van der Waals surface area contributed by atoms with E-state index in [4.69, 9.17) is 10.5 Å². The minimum Gasteiger partial charge on any atom is -0.459 e. The van der Waals surface area contributed by atoms with E-state index in [1.807, 2.05) is 30.3 Å². The first kappa shape index (κ1) is 15.7. The van der Waals surface area contributed by atoms with E-state index >= 15 is 0 Å². The Hall–Kier alpha value is -2.37. The first-order chi connectivity index (χ1) is 9.49. The molecular formula is C14H18N2O4. The van der Waals surface area contributed by atoms with Gasteiger partial charge in [0.1, 0.15) is 12.6 Å². The average Bonchev–Trinajstić information content (AvgIpc) is 2.41. The van der Waals surface area contributed by atoms with Crippen molar-refractivity contribution < 1.29 is 19.1 Å². The number of esters is 1. The van der Waals surface area contributed by atoms with Crippen LogP contribution in [-0.4, -0.2) is 23.8 Å². The number of nitrogens with two attached hydrogens (primary N) is 1. The average molecular weight is 278 g/mol. The minimum atomic E-state index is -0.858. The molecule has 0 spiro atoms. The summed E-state index contributed by atoms with van der Waals surface area (Å²) in [6.45, 7) is 1.41. The fourth-order valence-corrected chi connectivity index (χ4v) is 1.61. The Balaban J connectivity index is 2.53. The predicted molar refractivity (Wildman–Crippen MR) is 72.3 cm³/mol.